The molecule has 58 valence electrons. The van der Waals surface area contributed by atoms with Crippen LogP contribution in [0.1, 0.15) is 11.1 Å². The molecule has 0 saturated heterocycles. The molecule has 2 N–H and O–H groups in total. The van der Waals surface area contributed by atoms with Crippen molar-refractivity contribution in [2.24, 2.45) is 0 Å². The van der Waals surface area contributed by atoms with Crippen molar-refractivity contribution in [3.63, 3.8) is 0 Å². The molecule has 1 rings (SSSR count). The first-order valence-corrected chi connectivity index (χ1v) is 3.39. The van der Waals surface area contributed by atoms with Gasteiger partial charge in [-0.15, -0.1) is 0 Å². The fourth-order valence-electron chi connectivity index (χ4n) is 0.880. The highest BCUT2D eigenvalue weighted by Gasteiger charge is 1.93. The fraction of sp³-hybridized carbons (Fsp3) is 0.250. The van der Waals surface area contributed by atoms with Gasteiger partial charge in [0, 0.05) is 6.20 Å². The summed E-state index contributed by atoms with van der Waals surface area (Å²) in [6, 6.07) is 1.75. The van der Waals surface area contributed by atoms with E-state index in [1.165, 1.54) is 4.57 Å². The standard InChI is InChI=1S/C8H11N3/c1-6-3-8(10)11(5-9)4-7(6)2/h3-5,9-10H,1-2H3. The Kier molecular flexibility index (Phi) is 1.89. The van der Waals surface area contributed by atoms with E-state index in [1.54, 1.807) is 12.3 Å². The van der Waals surface area contributed by atoms with Gasteiger partial charge >= 0.3 is 0 Å². The molecule has 0 aliphatic heterocycles. The van der Waals surface area contributed by atoms with Gasteiger partial charge in [0.05, 0.1) is 6.34 Å². The first-order valence-electron chi connectivity index (χ1n) is 3.39. The topological polar surface area (TPSA) is 52.6 Å². The Bertz CT molecular complexity index is 336. The Morgan fingerprint density at radius 2 is 2.00 bits per heavy atom. The van der Waals surface area contributed by atoms with Gasteiger partial charge in [0.15, 0.2) is 0 Å². The van der Waals surface area contributed by atoms with Crippen LogP contribution in [-0.4, -0.2) is 10.9 Å². The number of nitrogens with one attached hydrogen (secondary N) is 2. The van der Waals surface area contributed by atoms with Crippen LogP contribution in [0.15, 0.2) is 12.3 Å². The molecular weight excluding hydrogens is 138 g/mol. The zero-order valence-electron chi connectivity index (χ0n) is 6.68. The summed E-state index contributed by atoms with van der Waals surface area (Å²) in [5, 5.41) is 14.4. The zero-order valence-corrected chi connectivity index (χ0v) is 6.68. The number of rotatable bonds is 1. The average molecular weight is 149 g/mol. The van der Waals surface area contributed by atoms with Gasteiger partial charge in [-0.05, 0) is 31.0 Å². The van der Waals surface area contributed by atoms with E-state index in [0.717, 1.165) is 17.5 Å². The molecule has 0 atom stereocenters. The lowest BCUT2D eigenvalue weighted by molar-refractivity contribution is 0.963. The van der Waals surface area contributed by atoms with E-state index in [2.05, 4.69) is 0 Å². The summed E-state index contributed by atoms with van der Waals surface area (Å²) in [4.78, 5) is 0. The van der Waals surface area contributed by atoms with Gasteiger partial charge in [0.25, 0.3) is 0 Å². The van der Waals surface area contributed by atoms with Gasteiger partial charge in [0.1, 0.15) is 5.49 Å². The number of aromatic nitrogens is 1. The summed E-state index contributed by atoms with van der Waals surface area (Å²) < 4.78 is 1.47. The third-order valence-corrected chi connectivity index (χ3v) is 1.73. The van der Waals surface area contributed by atoms with E-state index in [9.17, 15) is 0 Å². The molecule has 1 aromatic rings. The van der Waals surface area contributed by atoms with Crippen molar-refractivity contribution in [3.05, 3.63) is 28.9 Å². The summed E-state index contributed by atoms with van der Waals surface area (Å²) >= 11 is 0. The molecule has 0 saturated carbocycles. The smallest absolute Gasteiger partial charge is 0.130 e. The highest BCUT2D eigenvalue weighted by molar-refractivity contribution is 5.54. The highest BCUT2D eigenvalue weighted by atomic mass is 15.0. The zero-order chi connectivity index (χ0) is 8.43. The van der Waals surface area contributed by atoms with E-state index in [0.29, 0.717) is 5.49 Å². The van der Waals surface area contributed by atoms with Gasteiger partial charge in [0.2, 0.25) is 0 Å². The molecule has 11 heavy (non-hydrogen) atoms. The lowest BCUT2D eigenvalue weighted by Crippen LogP contribution is -2.18. The number of pyridine rings is 1. The second-order valence-electron chi connectivity index (χ2n) is 2.56. The monoisotopic (exact) mass is 149 g/mol. The summed E-state index contributed by atoms with van der Waals surface area (Å²) in [5.74, 6) is 0. The second-order valence-corrected chi connectivity index (χ2v) is 2.56. The molecular formula is C8H11N3. The molecule has 0 radical (unpaired) electrons. The number of nitrogens with zero attached hydrogens (tertiary/aromatic N) is 1. The van der Waals surface area contributed by atoms with Gasteiger partial charge in [-0.3, -0.25) is 15.4 Å². The highest BCUT2D eigenvalue weighted by Crippen LogP contribution is 1.99. The predicted octanol–water partition coefficient (Wildman–Crippen LogP) is 1.04. The van der Waals surface area contributed by atoms with Crippen molar-refractivity contribution in [2.75, 3.05) is 0 Å². The van der Waals surface area contributed by atoms with Crippen molar-refractivity contribution in [2.45, 2.75) is 13.8 Å². The van der Waals surface area contributed by atoms with E-state index < -0.39 is 0 Å². The van der Waals surface area contributed by atoms with Crippen LogP contribution in [0.3, 0.4) is 0 Å². The van der Waals surface area contributed by atoms with Crippen molar-refractivity contribution in [3.8, 4) is 0 Å². The molecule has 3 nitrogen and oxygen atoms in total. The third kappa shape index (κ3) is 1.37. The Morgan fingerprint density at radius 1 is 1.36 bits per heavy atom. The van der Waals surface area contributed by atoms with Gasteiger partial charge in [-0.2, -0.15) is 0 Å². The van der Waals surface area contributed by atoms with E-state index in [-0.39, 0.29) is 0 Å². The van der Waals surface area contributed by atoms with Crippen LogP contribution < -0.4 is 5.49 Å². The second kappa shape index (κ2) is 2.70. The van der Waals surface area contributed by atoms with Gasteiger partial charge in [-0.25, -0.2) is 0 Å². The van der Waals surface area contributed by atoms with E-state index >= 15 is 0 Å². The minimum absolute atomic E-state index is 0.350. The van der Waals surface area contributed by atoms with Crippen LogP contribution in [-0.2, 0) is 0 Å². The normalized spacial score (nSPS) is 9.64. The Labute approximate surface area is 65.3 Å². The van der Waals surface area contributed by atoms with E-state index in [4.69, 9.17) is 10.8 Å². The Balaban J connectivity index is 3.44. The van der Waals surface area contributed by atoms with Crippen LogP contribution in [0.5, 0.6) is 0 Å². The lowest BCUT2D eigenvalue weighted by Gasteiger charge is -2.02. The van der Waals surface area contributed by atoms with Gasteiger partial charge in [-0.1, -0.05) is 0 Å². The summed E-state index contributed by atoms with van der Waals surface area (Å²) in [5.41, 5.74) is 2.54. The summed E-state index contributed by atoms with van der Waals surface area (Å²) in [6.07, 6.45) is 2.92. The van der Waals surface area contributed by atoms with Gasteiger partial charge < -0.3 is 0 Å². The maximum Gasteiger partial charge on any atom is 0.130 e. The first-order chi connectivity index (χ1) is 5.15. The third-order valence-electron chi connectivity index (χ3n) is 1.73. The molecule has 0 aromatic carbocycles. The fourth-order valence-corrected chi connectivity index (χ4v) is 0.880. The van der Waals surface area contributed by atoms with Crippen LogP contribution >= 0.6 is 0 Å². The largest absolute Gasteiger partial charge is 0.293 e. The van der Waals surface area contributed by atoms with Crippen LogP contribution in [0.25, 0.3) is 0 Å². The van der Waals surface area contributed by atoms with Crippen molar-refractivity contribution < 1.29 is 0 Å². The molecule has 1 heterocycles. The van der Waals surface area contributed by atoms with Crippen LogP contribution in [0.2, 0.25) is 0 Å². The molecule has 0 aliphatic rings. The molecule has 0 amide bonds. The maximum absolute atomic E-state index is 7.42. The molecule has 3 heteroatoms. The van der Waals surface area contributed by atoms with Crippen molar-refractivity contribution >= 4 is 6.34 Å². The van der Waals surface area contributed by atoms with Crippen LogP contribution in [0.4, 0.5) is 0 Å². The lowest BCUT2D eigenvalue weighted by atomic mass is 10.2. The average Bonchev–Trinajstić information content (AvgIpc) is 1.97. The summed E-state index contributed by atoms with van der Waals surface area (Å²) in [7, 11) is 0. The molecule has 0 fully saturated rings. The molecule has 0 aliphatic carbocycles. The number of hydrogen-bond donors (Lipinski definition) is 2. The molecule has 0 unspecified atom stereocenters. The Hall–Kier alpha value is -1.38. The summed E-state index contributed by atoms with van der Waals surface area (Å²) in [6.45, 7) is 3.93. The molecule has 1 aromatic heterocycles. The molecule has 0 spiro atoms. The van der Waals surface area contributed by atoms with Crippen LogP contribution in [0, 0.1) is 24.7 Å². The quantitative estimate of drug-likeness (QED) is 0.443. The van der Waals surface area contributed by atoms with Crippen molar-refractivity contribution in [1.82, 2.24) is 4.57 Å². The number of aryl methyl sites for hydroxylation is 2. The predicted molar refractivity (Wildman–Crippen MR) is 43.9 cm³/mol. The first kappa shape index (κ1) is 7.72. The molecule has 0 bridgehead atoms. The minimum Gasteiger partial charge on any atom is -0.293 e. The SMILES string of the molecule is Cc1cc(=N)n(C=N)cc1C. The minimum atomic E-state index is 0.350. The maximum atomic E-state index is 7.42. The van der Waals surface area contributed by atoms with Crippen molar-refractivity contribution in [1.29, 1.82) is 10.8 Å². The van der Waals surface area contributed by atoms with E-state index in [1.807, 2.05) is 13.8 Å². The number of hydrogen-bond acceptors (Lipinski definition) is 2. The Morgan fingerprint density at radius 3 is 2.55 bits per heavy atom.